The number of ether oxygens (including phenoxy) is 1. The maximum Gasteiger partial charge on any atom is 0.314 e. The minimum absolute atomic E-state index is 0.0771. The smallest absolute Gasteiger partial charge is 0.314 e. The van der Waals surface area contributed by atoms with Gasteiger partial charge in [0.15, 0.2) is 0 Å². The van der Waals surface area contributed by atoms with Crippen molar-refractivity contribution >= 4 is 29.2 Å². The van der Waals surface area contributed by atoms with Crippen LogP contribution in [0.3, 0.4) is 0 Å². The lowest BCUT2D eigenvalue weighted by Crippen LogP contribution is -2.19. The van der Waals surface area contributed by atoms with Crippen molar-refractivity contribution < 1.29 is 9.53 Å². The van der Waals surface area contributed by atoms with Gasteiger partial charge in [-0.25, -0.2) is 0 Å². The quantitative estimate of drug-likeness (QED) is 0.595. The van der Waals surface area contributed by atoms with Crippen LogP contribution < -0.4 is 4.74 Å². The summed E-state index contributed by atoms with van der Waals surface area (Å²) in [5.74, 6) is 0.0453. The number of benzene rings is 1. The lowest BCUT2D eigenvalue weighted by molar-refractivity contribution is -0.139. The standard InChI is InChI=1S/C12H14Cl2O2/c1-3-8(4-2)12(15)16-11-6-5-9(13)7-10(11)14/h5-8H,3-4H2,1-2H3. The Morgan fingerprint density at radius 2 is 1.94 bits per heavy atom. The van der Waals surface area contributed by atoms with Crippen molar-refractivity contribution in [1.29, 1.82) is 0 Å². The van der Waals surface area contributed by atoms with E-state index < -0.39 is 0 Å². The molecule has 88 valence electrons. The van der Waals surface area contributed by atoms with E-state index in [4.69, 9.17) is 27.9 Å². The zero-order chi connectivity index (χ0) is 12.1. The van der Waals surface area contributed by atoms with Crippen LogP contribution in [0.25, 0.3) is 0 Å². The van der Waals surface area contributed by atoms with Crippen LogP contribution >= 0.6 is 23.2 Å². The molecule has 0 atom stereocenters. The van der Waals surface area contributed by atoms with Gasteiger partial charge in [0, 0.05) is 5.02 Å². The first-order valence-corrected chi connectivity index (χ1v) is 6.00. The number of carbonyl (C=O) groups excluding carboxylic acids is 1. The van der Waals surface area contributed by atoms with Crippen molar-refractivity contribution in [3.05, 3.63) is 28.2 Å². The SMILES string of the molecule is CCC(CC)C(=O)Oc1ccc(Cl)cc1Cl. The number of carbonyl (C=O) groups is 1. The predicted molar refractivity (Wildman–Crippen MR) is 66.2 cm³/mol. The van der Waals surface area contributed by atoms with Gasteiger partial charge in [0.1, 0.15) is 5.75 Å². The first-order chi connectivity index (χ1) is 7.58. The molecular formula is C12H14Cl2O2. The maximum atomic E-state index is 11.7. The van der Waals surface area contributed by atoms with Crippen LogP contribution in [0, 0.1) is 5.92 Å². The second-order valence-corrected chi connectivity index (χ2v) is 4.35. The van der Waals surface area contributed by atoms with Crippen molar-refractivity contribution in [3.8, 4) is 5.75 Å². The molecule has 1 aromatic carbocycles. The molecule has 0 heterocycles. The van der Waals surface area contributed by atoms with Crippen LogP contribution in [0.4, 0.5) is 0 Å². The molecule has 1 rings (SSSR count). The van der Waals surface area contributed by atoms with Gasteiger partial charge >= 0.3 is 5.97 Å². The zero-order valence-electron chi connectivity index (χ0n) is 9.30. The van der Waals surface area contributed by atoms with Crippen molar-refractivity contribution in [2.24, 2.45) is 5.92 Å². The average molecular weight is 261 g/mol. The van der Waals surface area contributed by atoms with Gasteiger partial charge < -0.3 is 4.74 Å². The minimum Gasteiger partial charge on any atom is -0.425 e. The Kier molecular flexibility index (Phi) is 5.10. The molecule has 0 aromatic heterocycles. The molecule has 0 aliphatic rings. The van der Waals surface area contributed by atoms with Crippen LogP contribution in [0.2, 0.25) is 10.0 Å². The van der Waals surface area contributed by atoms with Crippen LogP contribution in [-0.2, 0) is 4.79 Å². The van der Waals surface area contributed by atoms with Crippen molar-refractivity contribution in [1.82, 2.24) is 0 Å². The lowest BCUT2D eigenvalue weighted by Gasteiger charge is -2.12. The normalized spacial score (nSPS) is 10.6. The third-order valence-electron chi connectivity index (χ3n) is 2.42. The molecular weight excluding hydrogens is 247 g/mol. The van der Waals surface area contributed by atoms with E-state index in [0.29, 0.717) is 15.8 Å². The number of halogens is 2. The van der Waals surface area contributed by atoms with Crippen molar-refractivity contribution in [2.75, 3.05) is 0 Å². The summed E-state index contributed by atoms with van der Waals surface area (Å²) in [6.07, 6.45) is 1.53. The molecule has 0 saturated heterocycles. The fourth-order valence-corrected chi connectivity index (χ4v) is 1.82. The molecule has 0 amide bonds. The van der Waals surface area contributed by atoms with E-state index in [9.17, 15) is 4.79 Å². The first-order valence-electron chi connectivity index (χ1n) is 5.25. The van der Waals surface area contributed by atoms with E-state index in [0.717, 1.165) is 12.8 Å². The van der Waals surface area contributed by atoms with Gasteiger partial charge in [-0.1, -0.05) is 37.0 Å². The summed E-state index contributed by atoms with van der Waals surface area (Å²) >= 11 is 11.6. The molecule has 0 radical (unpaired) electrons. The second kappa shape index (κ2) is 6.12. The minimum atomic E-state index is -0.241. The highest BCUT2D eigenvalue weighted by Gasteiger charge is 2.17. The third kappa shape index (κ3) is 3.39. The van der Waals surface area contributed by atoms with Gasteiger partial charge in [-0.3, -0.25) is 4.79 Å². The number of esters is 1. The largest absolute Gasteiger partial charge is 0.425 e. The highest BCUT2D eigenvalue weighted by Crippen LogP contribution is 2.28. The molecule has 0 aliphatic heterocycles. The van der Waals surface area contributed by atoms with Gasteiger partial charge in [-0.2, -0.15) is 0 Å². The van der Waals surface area contributed by atoms with E-state index in [2.05, 4.69) is 0 Å². The highest BCUT2D eigenvalue weighted by atomic mass is 35.5. The molecule has 2 nitrogen and oxygen atoms in total. The monoisotopic (exact) mass is 260 g/mol. The van der Waals surface area contributed by atoms with Gasteiger partial charge in [-0.15, -0.1) is 0 Å². The summed E-state index contributed by atoms with van der Waals surface area (Å²) in [7, 11) is 0. The molecule has 4 heteroatoms. The molecule has 0 N–H and O–H groups in total. The Balaban J connectivity index is 2.76. The first kappa shape index (κ1) is 13.3. The van der Waals surface area contributed by atoms with E-state index in [1.807, 2.05) is 13.8 Å². The number of rotatable bonds is 4. The summed E-state index contributed by atoms with van der Waals surface area (Å²) in [5, 5.41) is 0.874. The summed E-state index contributed by atoms with van der Waals surface area (Å²) in [6, 6.07) is 4.80. The average Bonchev–Trinajstić information content (AvgIpc) is 2.24. The number of hydrogen-bond donors (Lipinski definition) is 0. The van der Waals surface area contributed by atoms with Gasteiger partial charge in [-0.05, 0) is 31.0 Å². The Hall–Kier alpha value is -0.730. The molecule has 16 heavy (non-hydrogen) atoms. The van der Waals surface area contributed by atoms with Crippen LogP contribution in [0.15, 0.2) is 18.2 Å². The third-order valence-corrected chi connectivity index (χ3v) is 2.95. The summed E-state index contributed by atoms with van der Waals surface area (Å²) in [6.45, 7) is 3.91. The van der Waals surface area contributed by atoms with Crippen LogP contribution in [-0.4, -0.2) is 5.97 Å². The maximum absolute atomic E-state index is 11.7. The Morgan fingerprint density at radius 1 is 1.31 bits per heavy atom. The molecule has 0 aliphatic carbocycles. The fourth-order valence-electron chi connectivity index (χ4n) is 1.37. The predicted octanol–water partition coefficient (Wildman–Crippen LogP) is 4.34. The van der Waals surface area contributed by atoms with Gasteiger partial charge in [0.2, 0.25) is 0 Å². The Morgan fingerprint density at radius 3 is 2.44 bits per heavy atom. The lowest BCUT2D eigenvalue weighted by atomic mass is 10.0. The van der Waals surface area contributed by atoms with Gasteiger partial charge in [0.05, 0.1) is 10.9 Å². The summed E-state index contributed by atoms with van der Waals surface area (Å²) in [4.78, 5) is 11.7. The molecule has 0 saturated carbocycles. The Bertz CT molecular complexity index is 373. The van der Waals surface area contributed by atoms with E-state index in [1.165, 1.54) is 0 Å². The van der Waals surface area contributed by atoms with E-state index in [-0.39, 0.29) is 11.9 Å². The second-order valence-electron chi connectivity index (χ2n) is 3.51. The molecule has 0 unspecified atom stereocenters. The van der Waals surface area contributed by atoms with Gasteiger partial charge in [0.25, 0.3) is 0 Å². The molecule has 0 bridgehead atoms. The Labute approximate surface area is 106 Å². The van der Waals surface area contributed by atoms with Crippen LogP contribution in [0.1, 0.15) is 26.7 Å². The van der Waals surface area contributed by atoms with Crippen molar-refractivity contribution in [2.45, 2.75) is 26.7 Å². The summed E-state index contributed by atoms with van der Waals surface area (Å²) < 4.78 is 5.21. The fraction of sp³-hybridized carbons (Fsp3) is 0.417. The molecule has 0 spiro atoms. The number of hydrogen-bond acceptors (Lipinski definition) is 2. The van der Waals surface area contributed by atoms with Crippen LogP contribution in [0.5, 0.6) is 5.75 Å². The zero-order valence-corrected chi connectivity index (χ0v) is 10.8. The molecule has 0 fully saturated rings. The van der Waals surface area contributed by atoms with E-state index in [1.54, 1.807) is 18.2 Å². The molecule has 1 aromatic rings. The highest BCUT2D eigenvalue weighted by molar-refractivity contribution is 6.35. The van der Waals surface area contributed by atoms with Crippen molar-refractivity contribution in [3.63, 3.8) is 0 Å². The topological polar surface area (TPSA) is 26.3 Å². The summed E-state index contributed by atoms with van der Waals surface area (Å²) in [5.41, 5.74) is 0. The van der Waals surface area contributed by atoms with E-state index >= 15 is 0 Å².